The van der Waals surface area contributed by atoms with Crippen LogP contribution in [0.15, 0.2) is 47.4 Å². The van der Waals surface area contributed by atoms with E-state index in [1.54, 1.807) is 0 Å². The van der Waals surface area contributed by atoms with Crippen molar-refractivity contribution in [3.05, 3.63) is 59.2 Å². The quantitative estimate of drug-likeness (QED) is 0.832. The normalized spacial score (nSPS) is 12.0. The van der Waals surface area contributed by atoms with Crippen molar-refractivity contribution >= 4 is 15.8 Å². The van der Waals surface area contributed by atoms with Crippen molar-refractivity contribution in [3.63, 3.8) is 0 Å². The standard InChI is InChI=1S/C16H13F3O5S/c1-24-15(21)13-6-5-10(7-14(13)20)9-25(22,23)12-4-2-3-11(8-12)16(17,18)19/h2-8,20H,9H2,1H3. The summed E-state index contributed by atoms with van der Waals surface area (Å²) in [6.07, 6.45) is -4.66. The van der Waals surface area contributed by atoms with Crippen LogP contribution in [0.4, 0.5) is 13.2 Å². The lowest BCUT2D eigenvalue weighted by Gasteiger charge is -2.10. The SMILES string of the molecule is COC(=O)c1ccc(CS(=O)(=O)c2cccc(C(F)(F)F)c2)cc1O. The maximum Gasteiger partial charge on any atom is 0.416 e. The number of sulfone groups is 1. The predicted molar refractivity (Wildman–Crippen MR) is 81.8 cm³/mol. The Balaban J connectivity index is 2.33. The van der Waals surface area contributed by atoms with E-state index < -0.39 is 43.9 Å². The lowest BCUT2D eigenvalue weighted by atomic mass is 10.1. The van der Waals surface area contributed by atoms with Gasteiger partial charge in [0.25, 0.3) is 0 Å². The van der Waals surface area contributed by atoms with Gasteiger partial charge in [-0.15, -0.1) is 0 Å². The van der Waals surface area contributed by atoms with E-state index in [1.165, 1.54) is 12.1 Å². The molecule has 0 aliphatic rings. The van der Waals surface area contributed by atoms with Crippen LogP contribution in [0.1, 0.15) is 21.5 Å². The van der Waals surface area contributed by atoms with E-state index in [1.807, 2.05) is 0 Å². The van der Waals surface area contributed by atoms with Gasteiger partial charge in [-0.3, -0.25) is 0 Å². The van der Waals surface area contributed by atoms with Crippen LogP contribution in [0.2, 0.25) is 0 Å². The molecule has 2 rings (SSSR count). The van der Waals surface area contributed by atoms with E-state index in [0.29, 0.717) is 6.07 Å². The average Bonchev–Trinajstić information content (AvgIpc) is 2.53. The van der Waals surface area contributed by atoms with E-state index in [4.69, 9.17) is 0 Å². The van der Waals surface area contributed by atoms with Gasteiger partial charge in [0.15, 0.2) is 9.84 Å². The number of phenolic OH excluding ortho intramolecular Hbond substituents is 1. The smallest absolute Gasteiger partial charge is 0.416 e. The second-order valence-corrected chi connectivity index (χ2v) is 7.12. The molecule has 0 aliphatic heterocycles. The molecular weight excluding hydrogens is 361 g/mol. The van der Waals surface area contributed by atoms with Crippen molar-refractivity contribution < 1.29 is 36.2 Å². The molecule has 0 bridgehead atoms. The van der Waals surface area contributed by atoms with Crippen molar-refractivity contribution in [3.8, 4) is 5.75 Å². The first-order valence-electron chi connectivity index (χ1n) is 6.85. The maximum absolute atomic E-state index is 12.7. The first kappa shape index (κ1) is 18.8. The number of benzene rings is 2. The molecule has 2 aromatic carbocycles. The first-order chi connectivity index (χ1) is 11.5. The van der Waals surface area contributed by atoms with Crippen LogP contribution in [0.25, 0.3) is 0 Å². The molecular formula is C16H13F3O5S. The minimum absolute atomic E-state index is 0.113. The fourth-order valence-corrected chi connectivity index (χ4v) is 3.50. The summed E-state index contributed by atoms with van der Waals surface area (Å²) in [4.78, 5) is 10.9. The number of aromatic hydroxyl groups is 1. The Labute approximate surface area is 141 Å². The van der Waals surface area contributed by atoms with Crippen molar-refractivity contribution in [1.82, 2.24) is 0 Å². The summed E-state index contributed by atoms with van der Waals surface area (Å²) in [5.41, 5.74) is -1.11. The van der Waals surface area contributed by atoms with E-state index in [9.17, 15) is 31.5 Å². The molecule has 0 aliphatic carbocycles. The number of hydrogen-bond donors (Lipinski definition) is 1. The van der Waals surface area contributed by atoms with Gasteiger partial charge in [0.1, 0.15) is 11.3 Å². The fourth-order valence-electron chi connectivity index (χ4n) is 2.12. The largest absolute Gasteiger partial charge is 0.507 e. The van der Waals surface area contributed by atoms with E-state index >= 15 is 0 Å². The molecule has 0 atom stereocenters. The Morgan fingerprint density at radius 1 is 1.16 bits per heavy atom. The molecule has 0 amide bonds. The lowest BCUT2D eigenvalue weighted by Crippen LogP contribution is -2.09. The Morgan fingerprint density at radius 3 is 2.40 bits per heavy atom. The van der Waals surface area contributed by atoms with Crippen LogP contribution in [0.5, 0.6) is 5.75 Å². The molecule has 1 N–H and O–H groups in total. The topological polar surface area (TPSA) is 80.7 Å². The average molecular weight is 374 g/mol. The summed E-state index contributed by atoms with van der Waals surface area (Å²) in [5, 5.41) is 9.77. The molecule has 0 radical (unpaired) electrons. The number of alkyl halides is 3. The molecule has 25 heavy (non-hydrogen) atoms. The van der Waals surface area contributed by atoms with Gasteiger partial charge >= 0.3 is 12.1 Å². The zero-order valence-corrected chi connectivity index (χ0v) is 13.7. The summed E-state index contributed by atoms with van der Waals surface area (Å²) in [7, 11) is -2.96. The number of carbonyl (C=O) groups excluding carboxylic acids is 1. The number of ether oxygens (including phenoxy) is 1. The second kappa shape index (κ2) is 6.75. The Bertz CT molecular complexity index is 904. The number of rotatable bonds is 4. The first-order valence-corrected chi connectivity index (χ1v) is 8.50. The summed E-state index contributed by atoms with van der Waals surface area (Å²) < 4.78 is 67.3. The predicted octanol–water partition coefficient (Wildman–Crippen LogP) is 3.17. The van der Waals surface area contributed by atoms with Crippen LogP contribution in [-0.4, -0.2) is 26.6 Å². The number of phenols is 1. The lowest BCUT2D eigenvalue weighted by molar-refractivity contribution is -0.137. The molecule has 0 heterocycles. The molecule has 9 heteroatoms. The molecule has 0 fully saturated rings. The molecule has 2 aromatic rings. The number of halogens is 3. The van der Waals surface area contributed by atoms with Crippen LogP contribution < -0.4 is 0 Å². The van der Waals surface area contributed by atoms with Crippen molar-refractivity contribution in [2.24, 2.45) is 0 Å². The fraction of sp³-hybridized carbons (Fsp3) is 0.188. The molecule has 5 nitrogen and oxygen atoms in total. The van der Waals surface area contributed by atoms with E-state index in [2.05, 4.69) is 4.74 Å². The number of esters is 1. The summed E-state index contributed by atoms with van der Waals surface area (Å²) >= 11 is 0. The van der Waals surface area contributed by atoms with Crippen LogP contribution >= 0.6 is 0 Å². The molecule has 0 spiro atoms. The van der Waals surface area contributed by atoms with Crippen molar-refractivity contribution in [1.29, 1.82) is 0 Å². The highest BCUT2D eigenvalue weighted by Crippen LogP contribution is 2.31. The zero-order valence-electron chi connectivity index (χ0n) is 12.9. The van der Waals surface area contributed by atoms with Gasteiger partial charge in [0.2, 0.25) is 0 Å². The molecule has 0 unspecified atom stereocenters. The summed E-state index contributed by atoms with van der Waals surface area (Å²) in [6, 6.07) is 6.90. The van der Waals surface area contributed by atoms with Crippen molar-refractivity contribution in [2.45, 2.75) is 16.8 Å². The second-order valence-electron chi connectivity index (χ2n) is 5.13. The highest BCUT2D eigenvalue weighted by Gasteiger charge is 2.31. The highest BCUT2D eigenvalue weighted by molar-refractivity contribution is 7.90. The van der Waals surface area contributed by atoms with E-state index in [0.717, 1.165) is 31.4 Å². The monoisotopic (exact) mass is 374 g/mol. The summed E-state index contributed by atoms with van der Waals surface area (Å²) in [5.74, 6) is -1.92. The van der Waals surface area contributed by atoms with Crippen LogP contribution in [0, 0.1) is 0 Å². The Kier molecular flexibility index (Phi) is 5.07. The Hall–Kier alpha value is -2.55. The van der Waals surface area contributed by atoms with Crippen LogP contribution in [0.3, 0.4) is 0 Å². The van der Waals surface area contributed by atoms with Gasteiger partial charge in [-0.2, -0.15) is 13.2 Å². The number of hydrogen-bond acceptors (Lipinski definition) is 5. The third kappa shape index (κ3) is 4.30. The minimum Gasteiger partial charge on any atom is -0.507 e. The van der Waals surface area contributed by atoms with E-state index in [-0.39, 0.29) is 11.1 Å². The van der Waals surface area contributed by atoms with Gasteiger partial charge in [0.05, 0.1) is 23.3 Å². The van der Waals surface area contributed by atoms with Gasteiger partial charge in [-0.05, 0) is 35.9 Å². The number of methoxy groups -OCH3 is 1. The molecule has 134 valence electrons. The zero-order chi connectivity index (χ0) is 18.8. The third-order valence-electron chi connectivity index (χ3n) is 3.34. The molecule has 0 saturated heterocycles. The van der Waals surface area contributed by atoms with Crippen molar-refractivity contribution in [2.75, 3.05) is 7.11 Å². The summed E-state index contributed by atoms with van der Waals surface area (Å²) in [6.45, 7) is 0. The molecule has 0 aromatic heterocycles. The van der Waals surface area contributed by atoms with Gasteiger partial charge in [-0.25, -0.2) is 13.2 Å². The van der Waals surface area contributed by atoms with Gasteiger partial charge in [0, 0.05) is 0 Å². The van der Waals surface area contributed by atoms with Gasteiger partial charge < -0.3 is 9.84 Å². The maximum atomic E-state index is 12.7. The Morgan fingerprint density at radius 2 is 1.84 bits per heavy atom. The number of carbonyl (C=O) groups is 1. The van der Waals surface area contributed by atoms with Crippen LogP contribution in [-0.2, 0) is 26.5 Å². The minimum atomic E-state index is -4.66. The highest BCUT2D eigenvalue weighted by atomic mass is 32.2. The third-order valence-corrected chi connectivity index (χ3v) is 5.03. The molecule has 0 saturated carbocycles. The van der Waals surface area contributed by atoms with Gasteiger partial charge in [-0.1, -0.05) is 12.1 Å².